The average Bonchev–Trinajstić information content (AvgIpc) is 2.89. The molecule has 1 saturated heterocycles. The topological polar surface area (TPSA) is 164 Å². The van der Waals surface area contributed by atoms with E-state index in [9.17, 15) is 30.3 Å². The predicted octanol–water partition coefficient (Wildman–Crippen LogP) is 1.21. The Morgan fingerprint density at radius 3 is 2.35 bits per heavy atom. The third-order valence-corrected chi connectivity index (χ3v) is 5.47. The average molecular weight is 519 g/mol. The van der Waals surface area contributed by atoms with Crippen molar-refractivity contribution < 1.29 is 54.0 Å². The Hall–Kier alpha value is -3.61. The molecule has 0 spiro atoms. The SMILES string of the molecule is COCC=Cc1ccc(O[C@@H]2O[C@H](COC(=O)C=Cc3ccc(O)c(O)c3)[C@@H](O)[C@H](O)[C@H]2O)c(OC)c1. The smallest absolute Gasteiger partial charge is 0.330 e. The van der Waals surface area contributed by atoms with Crippen LogP contribution in [0.15, 0.2) is 48.6 Å². The number of aliphatic hydroxyl groups is 3. The monoisotopic (exact) mass is 518 g/mol. The van der Waals surface area contributed by atoms with Gasteiger partial charge in [0.1, 0.15) is 31.0 Å². The van der Waals surface area contributed by atoms with E-state index in [1.165, 1.54) is 31.4 Å². The highest BCUT2D eigenvalue weighted by atomic mass is 16.7. The quantitative estimate of drug-likeness (QED) is 0.174. The van der Waals surface area contributed by atoms with Crippen LogP contribution in [0, 0.1) is 0 Å². The number of hydrogen-bond acceptors (Lipinski definition) is 11. The van der Waals surface area contributed by atoms with Crippen LogP contribution >= 0.6 is 0 Å². The van der Waals surface area contributed by atoms with Crippen LogP contribution in [-0.4, -0.2) is 89.6 Å². The summed E-state index contributed by atoms with van der Waals surface area (Å²) in [5.74, 6) is -0.880. The van der Waals surface area contributed by atoms with Gasteiger partial charge in [0.2, 0.25) is 6.29 Å². The Balaban J connectivity index is 1.64. The van der Waals surface area contributed by atoms with Gasteiger partial charge in [0, 0.05) is 13.2 Å². The molecule has 0 radical (unpaired) electrons. The van der Waals surface area contributed by atoms with E-state index in [4.69, 9.17) is 23.7 Å². The van der Waals surface area contributed by atoms with E-state index >= 15 is 0 Å². The first-order valence-electron chi connectivity index (χ1n) is 11.3. The van der Waals surface area contributed by atoms with Crippen LogP contribution in [0.1, 0.15) is 11.1 Å². The molecule has 11 heteroatoms. The summed E-state index contributed by atoms with van der Waals surface area (Å²) in [5, 5.41) is 49.9. The lowest BCUT2D eigenvalue weighted by Crippen LogP contribution is -2.60. The Kier molecular flexibility index (Phi) is 9.89. The molecule has 0 aromatic heterocycles. The van der Waals surface area contributed by atoms with E-state index < -0.39 is 43.3 Å². The minimum Gasteiger partial charge on any atom is -0.504 e. The standard InChI is InChI=1S/C26H30O11/c1-33-11-3-4-15-6-9-19(20(13-15)34-2)36-26-25(32)24(31)23(30)21(37-26)14-35-22(29)10-7-16-5-8-17(27)18(28)12-16/h3-10,12-13,21,23-28,30-32H,11,14H2,1-2H3/t21-,23-,24+,25-,26-/m1/s1. The Morgan fingerprint density at radius 2 is 1.65 bits per heavy atom. The third kappa shape index (κ3) is 7.44. The number of esters is 1. The van der Waals surface area contributed by atoms with Gasteiger partial charge in [-0.1, -0.05) is 24.3 Å². The van der Waals surface area contributed by atoms with Gasteiger partial charge in [0.25, 0.3) is 0 Å². The Morgan fingerprint density at radius 1 is 0.919 bits per heavy atom. The molecule has 0 bridgehead atoms. The summed E-state index contributed by atoms with van der Waals surface area (Å²) in [4.78, 5) is 12.1. The fraction of sp³-hybridized carbons (Fsp3) is 0.346. The lowest BCUT2D eigenvalue weighted by molar-refractivity contribution is -0.278. The number of carbonyl (C=O) groups excluding carboxylic acids is 1. The zero-order valence-electron chi connectivity index (χ0n) is 20.3. The minimum atomic E-state index is -1.64. The number of methoxy groups -OCH3 is 2. The van der Waals surface area contributed by atoms with Gasteiger partial charge < -0.3 is 49.2 Å². The van der Waals surface area contributed by atoms with Crippen LogP contribution in [0.5, 0.6) is 23.0 Å². The molecule has 1 fully saturated rings. The summed E-state index contributed by atoms with van der Waals surface area (Å²) < 4.78 is 26.8. The van der Waals surface area contributed by atoms with E-state index in [0.29, 0.717) is 17.9 Å². The molecule has 200 valence electrons. The number of rotatable bonds is 10. The van der Waals surface area contributed by atoms with Crippen molar-refractivity contribution in [2.24, 2.45) is 0 Å². The summed E-state index contributed by atoms with van der Waals surface area (Å²) >= 11 is 0. The number of carbonyl (C=O) groups is 1. The van der Waals surface area contributed by atoms with Crippen LogP contribution < -0.4 is 9.47 Å². The lowest BCUT2D eigenvalue weighted by atomic mass is 9.99. The highest BCUT2D eigenvalue weighted by Gasteiger charge is 2.45. The molecule has 0 aliphatic carbocycles. The highest BCUT2D eigenvalue weighted by molar-refractivity contribution is 5.87. The number of aromatic hydroxyl groups is 2. The van der Waals surface area contributed by atoms with Crippen LogP contribution in [0.2, 0.25) is 0 Å². The van der Waals surface area contributed by atoms with Gasteiger partial charge in [-0.2, -0.15) is 0 Å². The Bertz CT molecular complexity index is 1110. The van der Waals surface area contributed by atoms with Crippen LogP contribution in [0.25, 0.3) is 12.2 Å². The molecule has 1 aliphatic heterocycles. The minimum absolute atomic E-state index is 0.217. The van der Waals surface area contributed by atoms with Gasteiger partial charge in [0.05, 0.1) is 13.7 Å². The maximum atomic E-state index is 12.1. The highest BCUT2D eigenvalue weighted by Crippen LogP contribution is 2.32. The third-order valence-electron chi connectivity index (χ3n) is 5.47. The Labute approximate surface area is 213 Å². The number of ether oxygens (including phenoxy) is 5. The fourth-order valence-corrected chi connectivity index (χ4v) is 3.46. The number of hydrogen-bond donors (Lipinski definition) is 5. The number of phenols is 2. The second-order valence-corrected chi connectivity index (χ2v) is 8.11. The first kappa shape index (κ1) is 28.0. The molecule has 0 saturated carbocycles. The molecular weight excluding hydrogens is 488 g/mol. The van der Waals surface area contributed by atoms with E-state index in [2.05, 4.69) is 0 Å². The molecule has 2 aromatic carbocycles. The van der Waals surface area contributed by atoms with E-state index in [-0.39, 0.29) is 17.2 Å². The molecule has 2 aromatic rings. The van der Waals surface area contributed by atoms with E-state index in [1.54, 1.807) is 25.3 Å². The van der Waals surface area contributed by atoms with Crippen molar-refractivity contribution in [2.75, 3.05) is 27.4 Å². The van der Waals surface area contributed by atoms with Crippen molar-refractivity contribution in [2.45, 2.75) is 30.7 Å². The maximum Gasteiger partial charge on any atom is 0.330 e. The molecule has 3 rings (SSSR count). The molecule has 0 unspecified atom stereocenters. The van der Waals surface area contributed by atoms with E-state index in [1.807, 2.05) is 12.2 Å². The van der Waals surface area contributed by atoms with Crippen molar-refractivity contribution in [3.63, 3.8) is 0 Å². The van der Waals surface area contributed by atoms with Gasteiger partial charge in [-0.3, -0.25) is 0 Å². The van der Waals surface area contributed by atoms with E-state index in [0.717, 1.165) is 11.6 Å². The molecule has 0 amide bonds. The number of aliphatic hydroxyl groups excluding tert-OH is 3. The van der Waals surface area contributed by atoms with Crippen molar-refractivity contribution in [1.82, 2.24) is 0 Å². The van der Waals surface area contributed by atoms with Crippen molar-refractivity contribution in [3.8, 4) is 23.0 Å². The first-order chi connectivity index (χ1) is 17.7. The predicted molar refractivity (Wildman–Crippen MR) is 131 cm³/mol. The van der Waals surface area contributed by atoms with Crippen LogP contribution in [0.4, 0.5) is 0 Å². The van der Waals surface area contributed by atoms with Crippen molar-refractivity contribution >= 4 is 18.1 Å². The second kappa shape index (κ2) is 13.1. The van der Waals surface area contributed by atoms with Gasteiger partial charge >= 0.3 is 5.97 Å². The zero-order valence-corrected chi connectivity index (χ0v) is 20.3. The number of benzene rings is 2. The molecule has 1 aliphatic rings. The summed E-state index contributed by atoms with van der Waals surface area (Å²) in [6.07, 6.45) is -1.34. The fourth-order valence-electron chi connectivity index (χ4n) is 3.46. The normalized spacial score (nSPS) is 23.9. The van der Waals surface area contributed by atoms with Gasteiger partial charge in [-0.25, -0.2) is 4.79 Å². The molecule has 37 heavy (non-hydrogen) atoms. The molecule has 5 atom stereocenters. The van der Waals surface area contributed by atoms with Crippen LogP contribution in [0.3, 0.4) is 0 Å². The molecule has 5 N–H and O–H groups in total. The second-order valence-electron chi connectivity index (χ2n) is 8.11. The van der Waals surface area contributed by atoms with Crippen molar-refractivity contribution in [3.05, 3.63) is 59.7 Å². The maximum absolute atomic E-state index is 12.1. The lowest BCUT2D eigenvalue weighted by Gasteiger charge is -2.40. The summed E-state index contributed by atoms with van der Waals surface area (Å²) in [7, 11) is 3.02. The summed E-state index contributed by atoms with van der Waals surface area (Å²) in [5.41, 5.74) is 1.24. The molecule has 11 nitrogen and oxygen atoms in total. The van der Waals surface area contributed by atoms with Crippen molar-refractivity contribution in [1.29, 1.82) is 0 Å². The summed E-state index contributed by atoms with van der Waals surface area (Å²) in [6, 6.07) is 9.03. The van der Waals surface area contributed by atoms with Gasteiger partial charge in [-0.15, -0.1) is 0 Å². The summed E-state index contributed by atoms with van der Waals surface area (Å²) in [6.45, 7) is -0.0137. The van der Waals surface area contributed by atoms with Gasteiger partial charge in [-0.05, 0) is 41.5 Å². The largest absolute Gasteiger partial charge is 0.504 e. The van der Waals surface area contributed by atoms with Gasteiger partial charge in [0.15, 0.2) is 23.0 Å². The van der Waals surface area contributed by atoms with Crippen LogP contribution in [-0.2, 0) is 19.0 Å². The molecular formula is C26H30O11. The first-order valence-corrected chi connectivity index (χ1v) is 11.3. The zero-order chi connectivity index (χ0) is 26.9. The molecule has 1 heterocycles. The number of phenolic OH excluding ortho intramolecular Hbond substituents is 2.